The summed E-state index contributed by atoms with van der Waals surface area (Å²) in [5.74, 6) is 0.178. The molecule has 3 aromatic rings. The highest BCUT2D eigenvalue weighted by Crippen LogP contribution is 2.41. The molecule has 4 nitrogen and oxygen atoms in total. The number of carbonyl (C=O) groups excluding carboxylic acids is 1. The number of phenolic OH excluding ortho intramolecular Hbond substituents is 1. The van der Waals surface area contributed by atoms with Crippen LogP contribution in [0.5, 0.6) is 11.5 Å². The van der Waals surface area contributed by atoms with Crippen LogP contribution in [0.2, 0.25) is 0 Å². The average Bonchev–Trinajstić information content (AvgIpc) is 2.61. The van der Waals surface area contributed by atoms with E-state index in [-0.39, 0.29) is 17.1 Å². The van der Waals surface area contributed by atoms with Crippen molar-refractivity contribution in [3.63, 3.8) is 0 Å². The number of carbonyl (C=O) groups is 1. The molecule has 1 heterocycles. The largest absolute Gasteiger partial charge is 0.506 e. The number of rotatable bonds is 4. The molecule has 1 aromatic heterocycles. The summed E-state index contributed by atoms with van der Waals surface area (Å²) in [7, 11) is 1.54. The maximum atomic E-state index is 12.7. The molecule has 0 radical (unpaired) electrons. The summed E-state index contributed by atoms with van der Waals surface area (Å²) in [6.07, 6.45) is 3.10. The molecule has 0 amide bonds. The molecule has 0 aliphatic carbocycles. The van der Waals surface area contributed by atoms with Crippen LogP contribution in [0.25, 0.3) is 11.1 Å². The lowest BCUT2D eigenvalue weighted by Gasteiger charge is -2.14. The van der Waals surface area contributed by atoms with E-state index in [4.69, 9.17) is 4.74 Å². The number of methoxy groups -OCH3 is 1. The highest BCUT2D eigenvalue weighted by Gasteiger charge is 2.20. The number of ketones is 1. The Morgan fingerprint density at radius 2 is 1.83 bits per heavy atom. The molecule has 0 fully saturated rings. The van der Waals surface area contributed by atoms with E-state index in [1.54, 1.807) is 43.8 Å². The maximum Gasteiger partial charge on any atom is 0.196 e. The monoisotopic (exact) mass is 319 g/mol. The van der Waals surface area contributed by atoms with Crippen LogP contribution in [0, 0.1) is 6.92 Å². The first-order valence-corrected chi connectivity index (χ1v) is 7.53. The van der Waals surface area contributed by atoms with Gasteiger partial charge < -0.3 is 9.84 Å². The molecular formula is C20H17NO3. The summed E-state index contributed by atoms with van der Waals surface area (Å²) in [6.45, 7) is 1.97. The van der Waals surface area contributed by atoms with Gasteiger partial charge in [-0.05, 0) is 36.8 Å². The van der Waals surface area contributed by atoms with E-state index in [1.165, 1.54) is 0 Å². The smallest absolute Gasteiger partial charge is 0.196 e. The number of hydrogen-bond acceptors (Lipinski definition) is 4. The van der Waals surface area contributed by atoms with Crippen LogP contribution >= 0.6 is 0 Å². The van der Waals surface area contributed by atoms with E-state index < -0.39 is 0 Å². The minimum atomic E-state index is -0.258. The Morgan fingerprint density at radius 1 is 1.08 bits per heavy atom. The van der Waals surface area contributed by atoms with Crippen molar-refractivity contribution >= 4 is 5.78 Å². The third kappa shape index (κ3) is 2.86. The van der Waals surface area contributed by atoms with Gasteiger partial charge in [-0.15, -0.1) is 0 Å². The second kappa shape index (κ2) is 6.54. The van der Waals surface area contributed by atoms with Gasteiger partial charge in [0.2, 0.25) is 0 Å². The molecule has 0 unspecified atom stereocenters. The fourth-order valence-corrected chi connectivity index (χ4v) is 2.66. The van der Waals surface area contributed by atoms with Crippen LogP contribution in [0.3, 0.4) is 0 Å². The van der Waals surface area contributed by atoms with Crippen LogP contribution in [-0.4, -0.2) is 23.0 Å². The summed E-state index contributed by atoms with van der Waals surface area (Å²) in [4.78, 5) is 16.6. The van der Waals surface area contributed by atoms with Crippen LogP contribution in [-0.2, 0) is 0 Å². The van der Waals surface area contributed by atoms with Gasteiger partial charge in [0.25, 0.3) is 0 Å². The van der Waals surface area contributed by atoms with Crippen LogP contribution in [0.15, 0.2) is 60.9 Å². The van der Waals surface area contributed by atoms with Crippen LogP contribution in [0.4, 0.5) is 0 Å². The maximum absolute atomic E-state index is 12.7. The summed E-state index contributed by atoms with van der Waals surface area (Å²) >= 11 is 0. The van der Waals surface area contributed by atoms with E-state index in [0.717, 1.165) is 11.1 Å². The molecule has 2 aromatic carbocycles. The predicted molar refractivity (Wildman–Crippen MR) is 92.5 cm³/mol. The first kappa shape index (κ1) is 15.7. The quantitative estimate of drug-likeness (QED) is 0.738. The molecule has 4 heteroatoms. The Kier molecular flexibility index (Phi) is 4.29. The van der Waals surface area contributed by atoms with Crippen molar-refractivity contribution in [2.45, 2.75) is 6.92 Å². The number of aryl methyl sites for hydroxylation is 1. The molecule has 0 saturated heterocycles. The first-order chi connectivity index (χ1) is 11.6. The van der Waals surface area contributed by atoms with Crippen LogP contribution in [0.1, 0.15) is 21.5 Å². The van der Waals surface area contributed by atoms with E-state index in [0.29, 0.717) is 16.9 Å². The highest BCUT2D eigenvalue weighted by molar-refractivity contribution is 6.12. The van der Waals surface area contributed by atoms with Crippen molar-refractivity contribution in [2.24, 2.45) is 0 Å². The average molecular weight is 319 g/mol. The number of aromatic hydroxyl groups is 1. The molecule has 1 N–H and O–H groups in total. The summed E-state index contributed by atoms with van der Waals surface area (Å²) < 4.78 is 5.38. The van der Waals surface area contributed by atoms with E-state index in [9.17, 15) is 9.90 Å². The van der Waals surface area contributed by atoms with Crippen molar-refractivity contribution in [2.75, 3.05) is 7.11 Å². The number of ether oxygens (including phenoxy) is 1. The number of benzene rings is 2. The fraction of sp³-hybridized carbons (Fsp3) is 0.100. The van der Waals surface area contributed by atoms with Crippen LogP contribution < -0.4 is 4.74 Å². The van der Waals surface area contributed by atoms with Crippen molar-refractivity contribution in [1.82, 2.24) is 4.98 Å². The molecule has 120 valence electrons. The second-order valence-corrected chi connectivity index (χ2v) is 5.47. The molecule has 24 heavy (non-hydrogen) atoms. The van der Waals surface area contributed by atoms with Crippen molar-refractivity contribution in [3.05, 3.63) is 77.6 Å². The summed E-state index contributed by atoms with van der Waals surface area (Å²) in [6, 6.07) is 14.2. The normalized spacial score (nSPS) is 10.4. The second-order valence-electron chi connectivity index (χ2n) is 5.47. The first-order valence-electron chi connectivity index (χ1n) is 7.53. The third-order valence-electron chi connectivity index (χ3n) is 3.85. The van der Waals surface area contributed by atoms with Gasteiger partial charge in [0.15, 0.2) is 5.78 Å². The summed E-state index contributed by atoms with van der Waals surface area (Å²) in [5, 5.41) is 10.8. The number of hydrogen-bond donors (Lipinski definition) is 1. The Morgan fingerprint density at radius 3 is 2.50 bits per heavy atom. The summed E-state index contributed by atoms with van der Waals surface area (Å²) in [5.41, 5.74) is 3.08. The Balaban J connectivity index is 2.17. The Bertz CT molecular complexity index is 889. The Labute approximate surface area is 140 Å². The minimum absolute atomic E-state index is 0.0817. The van der Waals surface area contributed by atoms with Crippen molar-refractivity contribution in [3.8, 4) is 22.6 Å². The molecular weight excluding hydrogens is 302 g/mol. The lowest BCUT2D eigenvalue weighted by molar-refractivity contribution is 0.103. The number of pyridine rings is 1. The van der Waals surface area contributed by atoms with Gasteiger partial charge in [-0.2, -0.15) is 0 Å². The zero-order valence-corrected chi connectivity index (χ0v) is 13.5. The minimum Gasteiger partial charge on any atom is -0.506 e. The SMILES string of the molecule is COc1ccc(C(=O)c2ccncc2)c(O)c1-c1cccc(C)c1. The van der Waals surface area contributed by atoms with Gasteiger partial charge in [0.1, 0.15) is 11.5 Å². The van der Waals surface area contributed by atoms with Gasteiger partial charge >= 0.3 is 0 Å². The molecule has 0 saturated carbocycles. The molecule has 0 aliphatic heterocycles. The van der Waals surface area contributed by atoms with Gasteiger partial charge in [0, 0.05) is 18.0 Å². The zero-order chi connectivity index (χ0) is 17.1. The molecule has 0 aliphatic rings. The fourth-order valence-electron chi connectivity index (χ4n) is 2.66. The van der Waals surface area contributed by atoms with Gasteiger partial charge in [0.05, 0.1) is 18.2 Å². The molecule has 0 spiro atoms. The predicted octanol–water partition coefficient (Wildman–Crippen LogP) is 4.00. The molecule has 0 bridgehead atoms. The zero-order valence-electron chi connectivity index (χ0n) is 13.5. The number of nitrogens with zero attached hydrogens (tertiary/aromatic N) is 1. The van der Waals surface area contributed by atoms with E-state index >= 15 is 0 Å². The topological polar surface area (TPSA) is 59.4 Å². The van der Waals surface area contributed by atoms with E-state index in [2.05, 4.69) is 4.98 Å². The van der Waals surface area contributed by atoms with Crippen molar-refractivity contribution < 1.29 is 14.6 Å². The van der Waals surface area contributed by atoms with E-state index in [1.807, 2.05) is 31.2 Å². The van der Waals surface area contributed by atoms with Gasteiger partial charge in [-0.3, -0.25) is 9.78 Å². The lowest BCUT2D eigenvalue weighted by atomic mass is 9.95. The van der Waals surface area contributed by atoms with Crippen molar-refractivity contribution in [1.29, 1.82) is 0 Å². The Hall–Kier alpha value is -3.14. The number of aromatic nitrogens is 1. The van der Waals surface area contributed by atoms with Gasteiger partial charge in [-0.25, -0.2) is 0 Å². The molecule has 3 rings (SSSR count). The molecule has 0 atom stereocenters. The number of phenols is 1. The lowest BCUT2D eigenvalue weighted by Crippen LogP contribution is -2.03. The van der Waals surface area contributed by atoms with Gasteiger partial charge in [-0.1, -0.05) is 29.8 Å². The third-order valence-corrected chi connectivity index (χ3v) is 3.85. The standard InChI is InChI=1S/C20H17NO3/c1-13-4-3-5-15(12-13)18-17(24-2)7-6-16(20(18)23)19(22)14-8-10-21-11-9-14/h3-12,23H,1-2H3. The highest BCUT2D eigenvalue weighted by atomic mass is 16.5.